The van der Waals surface area contributed by atoms with Crippen LogP contribution >= 0.6 is 23.2 Å². The van der Waals surface area contributed by atoms with Crippen molar-refractivity contribution in [3.05, 3.63) is 58.8 Å². The van der Waals surface area contributed by atoms with Crippen LogP contribution in [0.3, 0.4) is 0 Å². The van der Waals surface area contributed by atoms with E-state index in [-0.39, 0.29) is 12.6 Å². The fourth-order valence-electron chi connectivity index (χ4n) is 2.23. The van der Waals surface area contributed by atoms with Gasteiger partial charge in [0.2, 0.25) is 5.95 Å². The van der Waals surface area contributed by atoms with Crippen LogP contribution in [0.4, 0.5) is 17.5 Å². The van der Waals surface area contributed by atoms with E-state index < -0.39 is 0 Å². The zero-order valence-corrected chi connectivity index (χ0v) is 16.0. The second kappa shape index (κ2) is 8.85. The highest BCUT2D eigenvalue weighted by Gasteiger charge is 2.10. The lowest BCUT2D eigenvalue weighted by molar-refractivity contribution is 0.281. The lowest BCUT2D eigenvalue weighted by atomic mass is 10.2. The van der Waals surface area contributed by atoms with Crippen LogP contribution in [0.2, 0.25) is 10.0 Å². The molecule has 2 heterocycles. The first-order valence-electron chi connectivity index (χ1n) is 8.19. The third-order valence-electron chi connectivity index (χ3n) is 3.61. The maximum Gasteiger partial charge on any atom is 0.225 e. The number of aromatic nitrogens is 3. The van der Waals surface area contributed by atoms with Gasteiger partial charge in [0.1, 0.15) is 0 Å². The average Bonchev–Trinajstić information content (AvgIpc) is 2.67. The molecule has 9 heteroatoms. The van der Waals surface area contributed by atoms with Gasteiger partial charge in [-0.15, -0.1) is 0 Å². The van der Waals surface area contributed by atoms with Gasteiger partial charge in [-0.2, -0.15) is 4.98 Å². The molecule has 2 aromatic heterocycles. The molecule has 1 aromatic carbocycles. The van der Waals surface area contributed by atoms with E-state index in [4.69, 9.17) is 23.2 Å². The summed E-state index contributed by atoms with van der Waals surface area (Å²) in [6.07, 6.45) is 3.39. The minimum atomic E-state index is -0.191. The number of anilines is 3. The Bertz CT molecular complexity index is 910. The van der Waals surface area contributed by atoms with Crippen LogP contribution in [-0.4, -0.2) is 32.7 Å². The number of hydrogen-bond acceptors (Lipinski definition) is 7. The topological polar surface area (TPSA) is 95.0 Å². The molecule has 4 N–H and O–H groups in total. The zero-order chi connectivity index (χ0) is 19.2. The quantitative estimate of drug-likeness (QED) is 0.440. The summed E-state index contributed by atoms with van der Waals surface area (Å²) in [5, 5.41) is 13.4. The Morgan fingerprint density at radius 3 is 2.52 bits per heavy atom. The van der Waals surface area contributed by atoms with Crippen LogP contribution in [0.25, 0.3) is 11.3 Å². The van der Waals surface area contributed by atoms with Gasteiger partial charge < -0.3 is 10.4 Å². The Morgan fingerprint density at radius 1 is 1.04 bits per heavy atom. The summed E-state index contributed by atoms with van der Waals surface area (Å²) in [7, 11) is 0. The minimum Gasteiger partial charge on any atom is -0.394 e. The molecule has 140 valence electrons. The van der Waals surface area contributed by atoms with Gasteiger partial charge in [-0.05, 0) is 37.3 Å². The van der Waals surface area contributed by atoms with Gasteiger partial charge in [0, 0.05) is 35.1 Å². The van der Waals surface area contributed by atoms with E-state index in [1.165, 1.54) is 0 Å². The summed E-state index contributed by atoms with van der Waals surface area (Å²) < 4.78 is 0. The van der Waals surface area contributed by atoms with Gasteiger partial charge in [0.15, 0.2) is 5.82 Å². The van der Waals surface area contributed by atoms with E-state index in [1.807, 2.05) is 19.1 Å². The van der Waals surface area contributed by atoms with Gasteiger partial charge in [-0.1, -0.05) is 23.2 Å². The summed E-state index contributed by atoms with van der Waals surface area (Å²) in [5.74, 6) is 0.910. The SMILES string of the molecule is C[C@H](CO)Nc1nc(NNc2ccc(Cl)cc2Cl)cc(-c2ccncc2)n1. The molecule has 0 aliphatic carbocycles. The highest BCUT2D eigenvalue weighted by atomic mass is 35.5. The lowest BCUT2D eigenvalue weighted by Crippen LogP contribution is -2.21. The second-order valence-corrected chi connectivity index (χ2v) is 6.64. The summed E-state index contributed by atoms with van der Waals surface area (Å²) in [6, 6.07) is 10.4. The van der Waals surface area contributed by atoms with Gasteiger partial charge in [0.05, 0.1) is 23.0 Å². The number of hydrazine groups is 1. The molecule has 0 amide bonds. The number of benzene rings is 1. The number of rotatable bonds is 7. The van der Waals surface area contributed by atoms with Crippen molar-refractivity contribution in [1.29, 1.82) is 0 Å². The second-order valence-electron chi connectivity index (χ2n) is 5.80. The summed E-state index contributed by atoms with van der Waals surface area (Å²) in [5.41, 5.74) is 8.27. The maximum atomic E-state index is 9.28. The number of hydrogen-bond donors (Lipinski definition) is 4. The molecule has 3 aromatic rings. The Hall–Kier alpha value is -2.61. The monoisotopic (exact) mass is 404 g/mol. The van der Waals surface area contributed by atoms with E-state index in [0.717, 1.165) is 5.56 Å². The molecule has 0 saturated heterocycles. The standard InChI is InChI=1S/C18H18Cl2N6O/c1-11(10-27)22-18-23-16(12-4-6-21-7-5-12)9-17(24-18)26-25-15-3-2-13(19)8-14(15)20/h2-9,11,25,27H,10H2,1H3,(H2,22,23,24,26)/t11-/m1/s1. The van der Waals surface area contributed by atoms with Gasteiger partial charge in [-0.3, -0.25) is 15.8 Å². The van der Waals surface area contributed by atoms with Crippen molar-refractivity contribution >= 4 is 40.7 Å². The van der Waals surface area contributed by atoms with Crippen molar-refractivity contribution in [2.24, 2.45) is 0 Å². The predicted octanol–water partition coefficient (Wildman–Crippen LogP) is 4.08. The van der Waals surface area contributed by atoms with Crippen LogP contribution in [0.15, 0.2) is 48.8 Å². The molecule has 0 aliphatic heterocycles. The molecule has 0 fully saturated rings. The van der Waals surface area contributed by atoms with Crippen molar-refractivity contribution in [3.63, 3.8) is 0 Å². The first-order valence-corrected chi connectivity index (χ1v) is 8.94. The molecule has 3 rings (SSSR count). The predicted molar refractivity (Wildman–Crippen MR) is 109 cm³/mol. The van der Waals surface area contributed by atoms with Crippen LogP contribution in [0.1, 0.15) is 6.92 Å². The van der Waals surface area contributed by atoms with Crippen LogP contribution in [0.5, 0.6) is 0 Å². The Kier molecular flexibility index (Phi) is 6.28. The Balaban J connectivity index is 1.87. The number of nitrogens with one attached hydrogen (secondary N) is 3. The van der Waals surface area contributed by atoms with E-state index in [0.29, 0.717) is 33.2 Å². The number of aliphatic hydroxyl groups excluding tert-OH is 1. The fraction of sp³-hybridized carbons (Fsp3) is 0.167. The summed E-state index contributed by atoms with van der Waals surface area (Å²) in [6.45, 7) is 1.80. The van der Waals surface area contributed by atoms with Crippen molar-refractivity contribution in [3.8, 4) is 11.3 Å². The smallest absolute Gasteiger partial charge is 0.225 e. The lowest BCUT2D eigenvalue weighted by Gasteiger charge is -2.15. The van der Waals surface area contributed by atoms with Gasteiger partial charge in [0.25, 0.3) is 0 Å². The highest BCUT2D eigenvalue weighted by molar-refractivity contribution is 6.36. The molecule has 0 unspecified atom stereocenters. The molecule has 0 spiro atoms. The summed E-state index contributed by atoms with van der Waals surface area (Å²) in [4.78, 5) is 12.9. The van der Waals surface area contributed by atoms with E-state index in [2.05, 4.69) is 31.1 Å². The van der Waals surface area contributed by atoms with Crippen molar-refractivity contribution in [2.45, 2.75) is 13.0 Å². The zero-order valence-electron chi connectivity index (χ0n) is 14.4. The number of pyridine rings is 1. The van der Waals surface area contributed by atoms with E-state index in [1.54, 1.807) is 36.7 Å². The maximum absolute atomic E-state index is 9.28. The minimum absolute atomic E-state index is 0.0375. The summed E-state index contributed by atoms with van der Waals surface area (Å²) >= 11 is 12.1. The molecule has 27 heavy (non-hydrogen) atoms. The third-order valence-corrected chi connectivity index (χ3v) is 4.16. The Morgan fingerprint density at radius 2 is 1.81 bits per heavy atom. The molecule has 0 bridgehead atoms. The molecule has 7 nitrogen and oxygen atoms in total. The van der Waals surface area contributed by atoms with Crippen LogP contribution in [0, 0.1) is 0 Å². The van der Waals surface area contributed by atoms with Crippen molar-refractivity contribution < 1.29 is 5.11 Å². The molecule has 0 aliphatic rings. The molecular formula is C18H18Cl2N6O. The van der Waals surface area contributed by atoms with Crippen LogP contribution < -0.4 is 16.2 Å². The molecule has 0 saturated carbocycles. The first-order chi connectivity index (χ1) is 13.0. The third kappa shape index (κ3) is 5.19. The van der Waals surface area contributed by atoms with Crippen molar-refractivity contribution in [1.82, 2.24) is 15.0 Å². The molecular weight excluding hydrogens is 387 g/mol. The number of halogens is 2. The number of aliphatic hydroxyl groups is 1. The van der Waals surface area contributed by atoms with E-state index >= 15 is 0 Å². The van der Waals surface area contributed by atoms with E-state index in [9.17, 15) is 5.11 Å². The highest BCUT2D eigenvalue weighted by Crippen LogP contribution is 2.26. The number of nitrogens with zero attached hydrogens (tertiary/aromatic N) is 3. The van der Waals surface area contributed by atoms with Crippen molar-refractivity contribution in [2.75, 3.05) is 22.8 Å². The van der Waals surface area contributed by atoms with Crippen LogP contribution in [-0.2, 0) is 0 Å². The molecule has 0 radical (unpaired) electrons. The Labute approximate surface area is 166 Å². The van der Waals surface area contributed by atoms with Gasteiger partial charge >= 0.3 is 0 Å². The first kappa shape index (κ1) is 19.2. The fourth-order valence-corrected chi connectivity index (χ4v) is 2.69. The molecule has 1 atom stereocenters. The van der Waals surface area contributed by atoms with Gasteiger partial charge in [-0.25, -0.2) is 4.98 Å². The average molecular weight is 405 g/mol. The largest absolute Gasteiger partial charge is 0.394 e. The normalized spacial score (nSPS) is 11.7.